The second-order valence-corrected chi connectivity index (χ2v) is 5.07. The Balaban J connectivity index is 2.21. The number of aliphatic hydroxyl groups excluding tert-OH is 1. The molecule has 0 saturated heterocycles. The van der Waals surface area contributed by atoms with Gasteiger partial charge in [-0.15, -0.1) is 0 Å². The van der Waals surface area contributed by atoms with E-state index < -0.39 is 11.9 Å². The molecule has 2 rings (SSSR count). The first kappa shape index (κ1) is 14.8. The number of rotatable bonds is 4. The van der Waals surface area contributed by atoms with Crippen molar-refractivity contribution in [2.75, 3.05) is 7.11 Å². The average molecular weight is 295 g/mol. The van der Waals surface area contributed by atoms with Crippen LogP contribution in [0.3, 0.4) is 0 Å². The molecule has 0 radical (unpaired) electrons. The van der Waals surface area contributed by atoms with Crippen LogP contribution in [0.15, 0.2) is 36.4 Å². The van der Waals surface area contributed by atoms with Gasteiger partial charge in [-0.05, 0) is 41.8 Å². The molecule has 0 heterocycles. The topological polar surface area (TPSA) is 29.5 Å². The van der Waals surface area contributed by atoms with Crippen molar-refractivity contribution < 1.29 is 14.2 Å². The van der Waals surface area contributed by atoms with Crippen molar-refractivity contribution in [3.05, 3.63) is 63.9 Å². The predicted octanol–water partition coefficient (Wildman–Crippen LogP) is 4.07. The first-order valence-corrected chi connectivity index (χ1v) is 6.66. The number of aryl methyl sites for hydroxylation is 1. The lowest BCUT2D eigenvalue weighted by atomic mass is 9.99. The molecule has 20 heavy (non-hydrogen) atoms. The third-order valence-corrected chi connectivity index (χ3v) is 3.54. The van der Waals surface area contributed by atoms with Crippen LogP contribution >= 0.6 is 11.6 Å². The summed E-state index contributed by atoms with van der Waals surface area (Å²) in [5, 5.41) is 10.3. The number of hydrogen-bond donors (Lipinski definition) is 1. The van der Waals surface area contributed by atoms with Gasteiger partial charge in [-0.2, -0.15) is 0 Å². The van der Waals surface area contributed by atoms with Gasteiger partial charge < -0.3 is 9.84 Å². The predicted molar refractivity (Wildman–Crippen MR) is 77.8 cm³/mol. The summed E-state index contributed by atoms with van der Waals surface area (Å²) in [6.45, 7) is 1.90. The minimum Gasteiger partial charge on any atom is -0.496 e. The van der Waals surface area contributed by atoms with Gasteiger partial charge in [0.15, 0.2) is 0 Å². The SMILES string of the molecule is COc1ccc(C(O)Cc2cccc(Cl)c2F)cc1C. The Morgan fingerprint density at radius 3 is 2.70 bits per heavy atom. The zero-order valence-electron chi connectivity index (χ0n) is 11.4. The van der Waals surface area contributed by atoms with E-state index in [2.05, 4.69) is 0 Å². The van der Waals surface area contributed by atoms with Crippen LogP contribution in [0.2, 0.25) is 5.02 Å². The summed E-state index contributed by atoms with van der Waals surface area (Å²) in [6, 6.07) is 10.2. The van der Waals surface area contributed by atoms with Crippen LogP contribution in [0.25, 0.3) is 0 Å². The average Bonchev–Trinajstić information content (AvgIpc) is 2.43. The highest BCUT2D eigenvalue weighted by Gasteiger charge is 2.14. The van der Waals surface area contributed by atoms with Crippen molar-refractivity contribution in [2.24, 2.45) is 0 Å². The molecule has 1 atom stereocenters. The van der Waals surface area contributed by atoms with E-state index >= 15 is 0 Å². The maximum Gasteiger partial charge on any atom is 0.145 e. The van der Waals surface area contributed by atoms with Crippen molar-refractivity contribution in [1.29, 1.82) is 0 Å². The summed E-state index contributed by atoms with van der Waals surface area (Å²) < 4.78 is 19.0. The fraction of sp³-hybridized carbons (Fsp3) is 0.250. The summed E-state index contributed by atoms with van der Waals surface area (Å²) in [4.78, 5) is 0. The minimum absolute atomic E-state index is 0.0700. The molecule has 0 spiro atoms. The van der Waals surface area contributed by atoms with E-state index in [0.717, 1.165) is 16.9 Å². The Bertz CT molecular complexity index is 613. The Labute approximate surface area is 122 Å². The van der Waals surface area contributed by atoms with E-state index in [4.69, 9.17) is 16.3 Å². The smallest absolute Gasteiger partial charge is 0.145 e. The lowest BCUT2D eigenvalue weighted by Gasteiger charge is -2.14. The molecule has 0 bridgehead atoms. The monoisotopic (exact) mass is 294 g/mol. The summed E-state index contributed by atoms with van der Waals surface area (Å²) in [7, 11) is 1.60. The molecule has 1 N–H and O–H groups in total. The van der Waals surface area contributed by atoms with Crippen molar-refractivity contribution >= 4 is 11.6 Å². The fourth-order valence-electron chi connectivity index (χ4n) is 2.14. The second kappa shape index (κ2) is 6.25. The molecule has 0 fully saturated rings. The number of benzene rings is 2. The molecule has 0 aliphatic rings. The lowest BCUT2D eigenvalue weighted by Crippen LogP contribution is -2.04. The molecular weight excluding hydrogens is 279 g/mol. The van der Waals surface area contributed by atoms with Crippen LogP contribution in [0, 0.1) is 12.7 Å². The first-order valence-electron chi connectivity index (χ1n) is 6.28. The Hall–Kier alpha value is -1.58. The molecular formula is C16H16ClFO2. The van der Waals surface area contributed by atoms with E-state index in [9.17, 15) is 9.50 Å². The quantitative estimate of drug-likeness (QED) is 0.921. The number of methoxy groups -OCH3 is 1. The maximum absolute atomic E-state index is 13.8. The molecule has 0 aliphatic carbocycles. The third-order valence-electron chi connectivity index (χ3n) is 3.25. The van der Waals surface area contributed by atoms with Crippen LogP contribution in [0.1, 0.15) is 22.8 Å². The van der Waals surface area contributed by atoms with Gasteiger partial charge in [0.2, 0.25) is 0 Å². The van der Waals surface area contributed by atoms with Gasteiger partial charge in [0.05, 0.1) is 18.2 Å². The van der Waals surface area contributed by atoms with E-state index in [0.29, 0.717) is 5.56 Å². The largest absolute Gasteiger partial charge is 0.496 e. The number of aliphatic hydroxyl groups is 1. The summed E-state index contributed by atoms with van der Waals surface area (Å²) in [5.74, 6) is 0.285. The van der Waals surface area contributed by atoms with Crippen molar-refractivity contribution in [3.63, 3.8) is 0 Å². The summed E-state index contributed by atoms with van der Waals surface area (Å²) >= 11 is 5.73. The van der Waals surface area contributed by atoms with Crippen molar-refractivity contribution in [2.45, 2.75) is 19.4 Å². The van der Waals surface area contributed by atoms with Crippen molar-refractivity contribution in [1.82, 2.24) is 0 Å². The molecule has 2 nitrogen and oxygen atoms in total. The van der Waals surface area contributed by atoms with E-state index in [1.807, 2.05) is 13.0 Å². The minimum atomic E-state index is -0.785. The van der Waals surface area contributed by atoms with Crippen LogP contribution < -0.4 is 4.74 Å². The number of halogens is 2. The molecule has 0 amide bonds. The Morgan fingerprint density at radius 1 is 1.30 bits per heavy atom. The Morgan fingerprint density at radius 2 is 2.05 bits per heavy atom. The van der Waals surface area contributed by atoms with Crippen molar-refractivity contribution in [3.8, 4) is 5.75 Å². The van der Waals surface area contributed by atoms with E-state index in [1.54, 1.807) is 31.4 Å². The number of ether oxygens (including phenoxy) is 1. The molecule has 4 heteroatoms. The van der Waals surface area contributed by atoms with E-state index in [1.165, 1.54) is 6.07 Å². The standard InChI is InChI=1S/C16H16ClFO2/c1-10-8-11(6-7-15(10)20-2)14(19)9-12-4-3-5-13(17)16(12)18/h3-8,14,19H,9H2,1-2H3. The number of hydrogen-bond acceptors (Lipinski definition) is 2. The zero-order chi connectivity index (χ0) is 14.7. The molecule has 106 valence electrons. The Kier molecular flexibility index (Phi) is 4.63. The second-order valence-electron chi connectivity index (χ2n) is 4.66. The lowest BCUT2D eigenvalue weighted by molar-refractivity contribution is 0.177. The molecule has 2 aromatic carbocycles. The van der Waals surface area contributed by atoms with Crippen LogP contribution in [0.5, 0.6) is 5.75 Å². The van der Waals surface area contributed by atoms with Gasteiger partial charge in [0, 0.05) is 6.42 Å². The zero-order valence-corrected chi connectivity index (χ0v) is 12.1. The van der Waals surface area contributed by atoms with Gasteiger partial charge in [-0.3, -0.25) is 0 Å². The molecule has 0 saturated carbocycles. The highest BCUT2D eigenvalue weighted by Crippen LogP contribution is 2.27. The van der Waals surface area contributed by atoms with Gasteiger partial charge in [0.1, 0.15) is 11.6 Å². The molecule has 0 aliphatic heterocycles. The maximum atomic E-state index is 13.8. The highest BCUT2D eigenvalue weighted by molar-refractivity contribution is 6.30. The van der Waals surface area contributed by atoms with E-state index in [-0.39, 0.29) is 11.4 Å². The highest BCUT2D eigenvalue weighted by atomic mass is 35.5. The third kappa shape index (κ3) is 3.11. The van der Waals surface area contributed by atoms with Gasteiger partial charge in [-0.1, -0.05) is 29.8 Å². The molecule has 0 aromatic heterocycles. The molecule has 2 aromatic rings. The van der Waals surface area contributed by atoms with Gasteiger partial charge in [0.25, 0.3) is 0 Å². The molecule has 1 unspecified atom stereocenters. The van der Waals surface area contributed by atoms with Crippen LogP contribution in [0.4, 0.5) is 4.39 Å². The van der Waals surface area contributed by atoms with Gasteiger partial charge in [-0.25, -0.2) is 4.39 Å². The fourth-order valence-corrected chi connectivity index (χ4v) is 2.34. The summed E-state index contributed by atoms with van der Waals surface area (Å²) in [6.07, 6.45) is -0.606. The van der Waals surface area contributed by atoms with Crippen LogP contribution in [-0.4, -0.2) is 12.2 Å². The normalized spacial score (nSPS) is 12.2. The van der Waals surface area contributed by atoms with Gasteiger partial charge >= 0.3 is 0 Å². The first-order chi connectivity index (χ1) is 9.52. The van der Waals surface area contributed by atoms with Crippen LogP contribution in [-0.2, 0) is 6.42 Å². The summed E-state index contributed by atoms with van der Waals surface area (Å²) in [5.41, 5.74) is 2.05.